The highest BCUT2D eigenvalue weighted by Crippen LogP contribution is 2.34. The van der Waals surface area contributed by atoms with Gasteiger partial charge in [0, 0.05) is 37.9 Å². The molecule has 1 fully saturated rings. The Hall–Kier alpha value is -0.870. The van der Waals surface area contributed by atoms with Gasteiger partial charge in [-0.2, -0.15) is 0 Å². The maximum atomic E-state index is 10.3. The van der Waals surface area contributed by atoms with Gasteiger partial charge >= 0.3 is 0 Å². The summed E-state index contributed by atoms with van der Waals surface area (Å²) in [5.41, 5.74) is 0. The van der Waals surface area contributed by atoms with Crippen LogP contribution in [0.25, 0.3) is 0 Å². The number of rotatable bonds is 2. The molecule has 3 rings (SSSR count). The quantitative estimate of drug-likeness (QED) is 0.883. The van der Waals surface area contributed by atoms with E-state index >= 15 is 0 Å². The minimum atomic E-state index is -0.125. The number of aliphatic hydroxyl groups excluding tert-OH is 1. The summed E-state index contributed by atoms with van der Waals surface area (Å²) in [5.74, 6) is 2.89. The van der Waals surface area contributed by atoms with Gasteiger partial charge in [0.2, 0.25) is 0 Å². The average Bonchev–Trinajstić information content (AvgIpc) is 2.81. The van der Waals surface area contributed by atoms with Gasteiger partial charge in [0.15, 0.2) is 0 Å². The molecule has 1 aliphatic carbocycles. The van der Waals surface area contributed by atoms with Crippen LogP contribution in [-0.2, 0) is 13.1 Å². The number of aliphatic hydroxyl groups is 1. The largest absolute Gasteiger partial charge is 0.393 e. The van der Waals surface area contributed by atoms with E-state index in [-0.39, 0.29) is 6.10 Å². The van der Waals surface area contributed by atoms with Crippen LogP contribution in [0.5, 0.6) is 0 Å². The molecule has 4 heteroatoms. The van der Waals surface area contributed by atoms with Crippen LogP contribution < -0.4 is 0 Å². The molecular weight excluding hydrogens is 238 g/mol. The lowest BCUT2D eigenvalue weighted by Gasteiger charge is -2.40. The Balaban J connectivity index is 1.63. The first-order chi connectivity index (χ1) is 9.13. The van der Waals surface area contributed by atoms with Gasteiger partial charge in [-0.3, -0.25) is 4.90 Å². The van der Waals surface area contributed by atoms with Crippen LogP contribution in [0, 0.1) is 17.8 Å². The first kappa shape index (κ1) is 13.1. The second-order valence-corrected chi connectivity index (χ2v) is 6.56. The van der Waals surface area contributed by atoms with E-state index in [9.17, 15) is 5.11 Å². The lowest BCUT2D eigenvalue weighted by molar-refractivity contribution is -0.00625. The minimum absolute atomic E-state index is 0.125. The molecule has 19 heavy (non-hydrogen) atoms. The van der Waals surface area contributed by atoms with Crippen LogP contribution in [-0.4, -0.2) is 38.8 Å². The molecule has 0 aromatic carbocycles. The van der Waals surface area contributed by atoms with E-state index in [4.69, 9.17) is 0 Å². The molecule has 1 aliphatic heterocycles. The molecule has 2 heterocycles. The molecule has 0 spiro atoms. The van der Waals surface area contributed by atoms with Gasteiger partial charge in [-0.1, -0.05) is 13.8 Å². The van der Waals surface area contributed by atoms with E-state index in [2.05, 4.69) is 34.5 Å². The Morgan fingerprint density at radius 3 is 2.95 bits per heavy atom. The molecule has 1 N–H and O–H groups in total. The molecule has 0 saturated heterocycles. The molecule has 1 aromatic rings. The Kier molecular flexibility index (Phi) is 3.63. The Labute approximate surface area is 115 Å². The fraction of sp³-hybridized carbons (Fsp3) is 0.800. The van der Waals surface area contributed by atoms with Crippen LogP contribution in [0.4, 0.5) is 0 Å². The molecule has 4 unspecified atom stereocenters. The normalized spacial score (nSPS) is 36.2. The number of fused-ring (bicyclic) bond motifs is 1. The van der Waals surface area contributed by atoms with Crippen molar-refractivity contribution in [2.24, 2.45) is 17.8 Å². The van der Waals surface area contributed by atoms with Gasteiger partial charge in [-0.15, -0.1) is 0 Å². The van der Waals surface area contributed by atoms with Crippen LogP contribution in [0.1, 0.15) is 32.5 Å². The van der Waals surface area contributed by atoms with Gasteiger partial charge < -0.3 is 9.67 Å². The van der Waals surface area contributed by atoms with Gasteiger partial charge in [0.25, 0.3) is 0 Å². The van der Waals surface area contributed by atoms with Crippen molar-refractivity contribution < 1.29 is 5.11 Å². The average molecular weight is 263 g/mol. The second-order valence-electron chi connectivity index (χ2n) is 6.56. The van der Waals surface area contributed by atoms with Crippen molar-refractivity contribution in [2.45, 2.75) is 45.9 Å². The van der Waals surface area contributed by atoms with Crippen molar-refractivity contribution >= 4 is 0 Å². The highest BCUT2D eigenvalue weighted by molar-refractivity contribution is 4.96. The summed E-state index contributed by atoms with van der Waals surface area (Å²) in [7, 11) is 0. The SMILES string of the molecule is CC1CC(C)C(CN2CCn3ccnc3C2)C(O)C1. The van der Waals surface area contributed by atoms with Crippen molar-refractivity contribution in [3.05, 3.63) is 18.2 Å². The first-order valence-corrected chi connectivity index (χ1v) is 7.54. The highest BCUT2D eigenvalue weighted by atomic mass is 16.3. The van der Waals surface area contributed by atoms with Crippen LogP contribution >= 0.6 is 0 Å². The molecular formula is C15H25N3O. The van der Waals surface area contributed by atoms with Gasteiger partial charge in [0.1, 0.15) is 5.82 Å². The predicted molar refractivity (Wildman–Crippen MR) is 74.6 cm³/mol. The zero-order valence-corrected chi connectivity index (χ0v) is 12.0. The topological polar surface area (TPSA) is 41.3 Å². The summed E-state index contributed by atoms with van der Waals surface area (Å²) in [6, 6.07) is 0. The number of aromatic nitrogens is 2. The lowest BCUT2D eigenvalue weighted by atomic mass is 9.73. The zero-order valence-electron chi connectivity index (χ0n) is 12.0. The summed E-state index contributed by atoms with van der Waals surface area (Å²) in [5, 5.41) is 10.3. The smallest absolute Gasteiger partial charge is 0.122 e. The third-order valence-electron chi connectivity index (χ3n) is 4.94. The monoisotopic (exact) mass is 263 g/mol. The van der Waals surface area contributed by atoms with E-state index in [1.165, 1.54) is 6.42 Å². The molecule has 1 aromatic heterocycles. The summed E-state index contributed by atoms with van der Waals surface area (Å²) in [6.45, 7) is 8.61. The molecule has 4 nitrogen and oxygen atoms in total. The third kappa shape index (κ3) is 2.70. The van der Waals surface area contributed by atoms with Crippen molar-refractivity contribution in [3.8, 4) is 0 Å². The standard InChI is InChI=1S/C15H25N3O/c1-11-7-12(2)13(14(19)8-11)9-17-5-6-18-4-3-16-15(18)10-17/h3-4,11-14,19H,5-10H2,1-2H3. The maximum absolute atomic E-state index is 10.3. The zero-order chi connectivity index (χ0) is 13.4. The molecule has 1 saturated carbocycles. The number of nitrogens with zero attached hydrogens (tertiary/aromatic N) is 3. The van der Waals surface area contributed by atoms with Crippen LogP contribution in [0.3, 0.4) is 0 Å². The first-order valence-electron chi connectivity index (χ1n) is 7.54. The molecule has 0 radical (unpaired) electrons. The fourth-order valence-corrected chi connectivity index (χ4v) is 3.85. The molecule has 0 amide bonds. The number of hydrogen-bond donors (Lipinski definition) is 1. The van der Waals surface area contributed by atoms with E-state index in [0.29, 0.717) is 17.8 Å². The van der Waals surface area contributed by atoms with E-state index in [1.807, 2.05) is 6.20 Å². The summed E-state index contributed by atoms with van der Waals surface area (Å²) < 4.78 is 2.24. The Morgan fingerprint density at radius 2 is 2.16 bits per heavy atom. The van der Waals surface area contributed by atoms with E-state index in [0.717, 1.165) is 38.4 Å². The Bertz CT molecular complexity index is 419. The number of imidazole rings is 1. The van der Waals surface area contributed by atoms with Crippen molar-refractivity contribution in [2.75, 3.05) is 13.1 Å². The van der Waals surface area contributed by atoms with Crippen LogP contribution in [0.2, 0.25) is 0 Å². The summed E-state index contributed by atoms with van der Waals surface area (Å²) >= 11 is 0. The van der Waals surface area contributed by atoms with E-state index < -0.39 is 0 Å². The molecule has 4 atom stereocenters. The number of hydrogen-bond acceptors (Lipinski definition) is 3. The minimum Gasteiger partial charge on any atom is -0.393 e. The summed E-state index contributed by atoms with van der Waals surface area (Å²) in [4.78, 5) is 6.87. The second kappa shape index (κ2) is 5.25. The Morgan fingerprint density at radius 1 is 1.32 bits per heavy atom. The predicted octanol–water partition coefficient (Wildman–Crippen LogP) is 1.74. The van der Waals surface area contributed by atoms with Gasteiger partial charge in [-0.05, 0) is 24.7 Å². The molecule has 0 bridgehead atoms. The van der Waals surface area contributed by atoms with Crippen molar-refractivity contribution in [3.63, 3.8) is 0 Å². The molecule has 2 aliphatic rings. The highest BCUT2D eigenvalue weighted by Gasteiger charge is 2.34. The maximum Gasteiger partial charge on any atom is 0.122 e. The van der Waals surface area contributed by atoms with Gasteiger partial charge in [0.05, 0.1) is 12.6 Å². The van der Waals surface area contributed by atoms with Crippen LogP contribution in [0.15, 0.2) is 12.4 Å². The third-order valence-corrected chi connectivity index (χ3v) is 4.94. The summed E-state index contributed by atoms with van der Waals surface area (Å²) in [6.07, 6.45) is 6.05. The molecule has 106 valence electrons. The van der Waals surface area contributed by atoms with E-state index in [1.54, 1.807) is 0 Å². The van der Waals surface area contributed by atoms with Crippen molar-refractivity contribution in [1.29, 1.82) is 0 Å². The van der Waals surface area contributed by atoms with Crippen molar-refractivity contribution in [1.82, 2.24) is 14.5 Å². The fourth-order valence-electron chi connectivity index (χ4n) is 3.85. The lowest BCUT2D eigenvalue weighted by Crippen LogP contribution is -2.44. The van der Waals surface area contributed by atoms with Gasteiger partial charge in [-0.25, -0.2) is 4.98 Å².